The zero-order valence-corrected chi connectivity index (χ0v) is 15.3. The number of aliphatic hydroxyl groups excluding tert-OH is 1. The quantitative estimate of drug-likeness (QED) is 0.523. The number of nitrogens with one attached hydrogen (secondary N) is 3. The molecule has 0 fully saturated rings. The van der Waals surface area contributed by atoms with E-state index < -0.39 is 11.6 Å². The normalized spacial score (nSPS) is 13.1. The van der Waals surface area contributed by atoms with Crippen molar-refractivity contribution < 1.29 is 14.6 Å². The van der Waals surface area contributed by atoms with E-state index in [1.54, 1.807) is 20.9 Å². The molecule has 0 radical (unpaired) electrons. The summed E-state index contributed by atoms with van der Waals surface area (Å²) in [7, 11) is 1.59. The number of para-hydroxylation sites is 1. The summed E-state index contributed by atoms with van der Waals surface area (Å²) in [5.41, 5.74) is 1.29. The van der Waals surface area contributed by atoms with Crippen molar-refractivity contribution in [1.29, 1.82) is 0 Å². The first-order valence-electron chi connectivity index (χ1n) is 8.70. The van der Waals surface area contributed by atoms with E-state index in [2.05, 4.69) is 15.6 Å². The van der Waals surface area contributed by atoms with Gasteiger partial charge < -0.3 is 25.5 Å². The third kappa shape index (κ3) is 3.66. The van der Waals surface area contributed by atoms with E-state index in [0.717, 1.165) is 27.6 Å². The number of hydrogen-bond donors (Lipinski definition) is 4. The van der Waals surface area contributed by atoms with E-state index in [-0.39, 0.29) is 19.1 Å². The second kappa shape index (κ2) is 7.35. The first kappa shape index (κ1) is 18.2. The van der Waals surface area contributed by atoms with E-state index in [9.17, 15) is 9.90 Å². The van der Waals surface area contributed by atoms with Gasteiger partial charge in [0.25, 0.3) is 0 Å². The van der Waals surface area contributed by atoms with E-state index in [0.29, 0.717) is 0 Å². The summed E-state index contributed by atoms with van der Waals surface area (Å²) in [6, 6.07) is 13.9. The number of aromatic nitrogens is 1. The first-order chi connectivity index (χ1) is 12.4. The van der Waals surface area contributed by atoms with Gasteiger partial charge in [-0.25, -0.2) is 0 Å². The van der Waals surface area contributed by atoms with Crippen LogP contribution in [0.5, 0.6) is 5.75 Å². The summed E-state index contributed by atoms with van der Waals surface area (Å²) < 4.78 is 5.89. The number of carbonyl (C=O) groups is 1. The second-order valence-electron chi connectivity index (χ2n) is 6.90. The van der Waals surface area contributed by atoms with Crippen LogP contribution in [-0.2, 0) is 4.79 Å². The number of fused-ring (bicyclic) bond motifs is 3. The highest BCUT2D eigenvalue weighted by Crippen LogP contribution is 2.32. The van der Waals surface area contributed by atoms with Crippen LogP contribution >= 0.6 is 0 Å². The Morgan fingerprint density at radius 1 is 1.19 bits per heavy atom. The van der Waals surface area contributed by atoms with Crippen LogP contribution in [0.25, 0.3) is 21.8 Å². The molecule has 0 bridgehead atoms. The van der Waals surface area contributed by atoms with E-state index in [1.807, 2.05) is 42.5 Å². The number of hydrogen-bond acceptors (Lipinski definition) is 4. The summed E-state index contributed by atoms with van der Waals surface area (Å²) in [5, 5.41) is 18.0. The summed E-state index contributed by atoms with van der Waals surface area (Å²) in [5.74, 6) is 0.596. The minimum atomic E-state index is -0.757. The van der Waals surface area contributed by atoms with Crippen molar-refractivity contribution in [3.8, 4) is 5.75 Å². The van der Waals surface area contributed by atoms with Crippen molar-refractivity contribution in [3.05, 3.63) is 42.5 Å². The molecule has 1 aromatic heterocycles. The molecule has 0 saturated carbocycles. The number of amides is 1. The molecule has 6 nitrogen and oxygen atoms in total. The summed E-state index contributed by atoms with van der Waals surface area (Å²) in [4.78, 5) is 15.1. The minimum Gasteiger partial charge on any atom is -0.490 e. The van der Waals surface area contributed by atoms with Gasteiger partial charge in [0.05, 0.1) is 11.1 Å². The third-order valence-electron chi connectivity index (χ3n) is 4.50. The highest BCUT2D eigenvalue weighted by molar-refractivity contribution is 6.10. The lowest BCUT2D eigenvalue weighted by molar-refractivity contribution is -0.126. The number of aliphatic hydroxyl groups is 1. The van der Waals surface area contributed by atoms with Crippen LogP contribution in [-0.4, -0.2) is 47.8 Å². The van der Waals surface area contributed by atoms with Crippen LogP contribution in [0.15, 0.2) is 42.5 Å². The topological polar surface area (TPSA) is 86.4 Å². The Labute approximate surface area is 152 Å². The Hall–Kier alpha value is -2.57. The molecule has 4 N–H and O–H groups in total. The fourth-order valence-electron chi connectivity index (χ4n) is 3.00. The Kier molecular flexibility index (Phi) is 5.15. The predicted octanol–water partition coefficient (Wildman–Crippen LogP) is 2.17. The number of rotatable bonds is 7. The number of H-pyrrole nitrogens is 1. The number of carbonyl (C=O) groups excluding carboxylic acids is 1. The molecule has 0 aliphatic carbocycles. The Bertz CT molecular complexity index is 917. The molecule has 2 aromatic carbocycles. The number of benzene rings is 2. The van der Waals surface area contributed by atoms with Gasteiger partial charge in [-0.3, -0.25) is 4.79 Å². The second-order valence-corrected chi connectivity index (χ2v) is 6.90. The van der Waals surface area contributed by atoms with Crippen LogP contribution < -0.4 is 15.4 Å². The van der Waals surface area contributed by atoms with Gasteiger partial charge in [-0.15, -0.1) is 0 Å². The average molecular weight is 355 g/mol. The first-order valence-corrected chi connectivity index (χ1v) is 8.70. The number of β-amino-alcohol motifs (C(OH)–C–C–N with tert-alkyl or cyclic N) is 1. The fourth-order valence-corrected chi connectivity index (χ4v) is 3.00. The third-order valence-corrected chi connectivity index (χ3v) is 4.50. The van der Waals surface area contributed by atoms with Gasteiger partial charge in [0, 0.05) is 29.9 Å². The van der Waals surface area contributed by atoms with Crippen LogP contribution in [0.2, 0.25) is 0 Å². The standard InChI is InChI=1S/C20H25N3O3/c1-20(2,19(25)21-3)22-11-13(24)12-26-17-10-6-9-16-18(17)14-7-4-5-8-15(14)23-16/h4-10,13,22-24H,11-12H2,1-3H3,(H,21,25). The smallest absolute Gasteiger partial charge is 0.239 e. The maximum Gasteiger partial charge on any atom is 0.239 e. The Balaban J connectivity index is 1.69. The van der Waals surface area contributed by atoms with Crippen molar-refractivity contribution in [2.75, 3.05) is 20.2 Å². The average Bonchev–Trinajstić information content (AvgIpc) is 3.03. The lowest BCUT2D eigenvalue weighted by Crippen LogP contribution is -2.54. The highest BCUT2D eigenvalue weighted by Gasteiger charge is 2.26. The van der Waals surface area contributed by atoms with E-state index in [1.165, 1.54) is 0 Å². The predicted molar refractivity (Wildman–Crippen MR) is 103 cm³/mol. The number of aromatic amines is 1. The van der Waals surface area contributed by atoms with Crippen LogP contribution in [0, 0.1) is 0 Å². The molecule has 3 rings (SSSR count). The maximum atomic E-state index is 11.8. The molecule has 0 spiro atoms. The molecule has 138 valence electrons. The van der Waals surface area contributed by atoms with Crippen molar-refractivity contribution in [2.45, 2.75) is 25.5 Å². The van der Waals surface area contributed by atoms with E-state index in [4.69, 9.17) is 4.74 Å². The largest absolute Gasteiger partial charge is 0.490 e. The van der Waals surface area contributed by atoms with Gasteiger partial charge in [-0.2, -0.15) is 0 Å². The minimum absolute atomic E-state index is 0.130. The van der Waals surface area contributed by atoms with Crippen LogP contribution in [0.4, 0.5) is 0 Å². The van der Waals surface area contributed by atoms with Gasteiger partial charge in [0.15, 0.2) is 0 Å². The van der Waals surface area contributed by atoms with Crippen molar-refractivity contribution in [3.63, 3.8) is 0 Å². The van der Waals surface area contributed by atoms with E-state index >= 15 is 0 Å². The van der Waals surface area contributed by atoms with Gasteiger partial charge in [0.1, 0.15) is 18.5 Å². The molecule has 1 atom stereocenters. The molecule has 3 aromatic rings. The van der Waals surface area contributed by atoms with Crippen molar-refractivity contribution in [1.82, 2.24) is 15.6 Å². The monoisotopic (exact) mass is 355 g/mol. The highest BCUT2D eigenvalue weighted by atomic mass is 16.5. The molecule has 26 heavy (non-hydrogen) atoms. The molecular formula is C20H25N3O3. The van der Waals surface area contributed by atoms with Crippen molar-refractivity contribution >= 4 is 27.7 Å². The fraction of sp³-hybridized carbons (Fsp3) is 0.350. The molecule has 1 heterocycles. The molecule has 6 heteroatoms. The zero-order valence-electron chi connectivity index (χ0n) is 15.3. The molecule has 1 unspecified atom stereocenters. The molecule has 0 aliphatic heterocycles. The van der Waals surface area contributed by atoms with Gasteiger partial charge in [-0.1, -0.05) is 24.3 Å². The Morgan fingerprint density at radius 3 is 2.69 bits per heavy atom. The summed E-state index contributed by atoms with van der Waals surface area (Å²) >= 11 is 0. The lowest BCUT2D eigenvalue weighted by atomic mass is 10.0. The van der Waals surface area contributed by atoms with Crippen LogP contribution in [0.1, 0.15) is 13.8 Å². The zero-order chi connectivity index (χ0) is 18.7. The number of likely N-dealkylation sites (N-methyl/N-ethyl adjacent to an activating group) is 1. The van der Waals surface area contributed by atoms with Gasteiger partial charge >= 0.3 is 0 Å². The molecule has 1 amide bonds. The van der Waals surface area contributed by atoms with Gasteiger partial charge in [-0.05, 0) is 32.0 Å². The summed E-state index contributed by atoms with van der Waals surface area (Å²) in [6.07, 6.45) is -0.737. The Morgan fingerprint density at radius 2 is 1.92 bits per heavy atom. The maximum absolute atomic E-state index is 11.8. The molecule has 0 aliphatic rings. The number of ether oxygens (including phenoxy) is 1. The van der Waals surface area contributed by atoms with Crippen molar-refractivity contribution in [2.24, 2.45) is 0 Å². The molecule has 0 saturated heterocycles. The lowest BCUT2D eigenvalue weighted by Gasteiger charge is -2.25. The molecular weight excluding hydrogens is 330 g/mol. The van der Waals surface area contributed by atoms with Crippen LogP contribution in [0.3, 0.4) is 0 Å². The van der Waals surface area contributed by atoms with Gasteiger partial charge in [0.2, 0.25) is 5.91 Å². The SMILES string of the molecule is CNC(=O)C(C)(C)NCC(O)COc1cccc2[nH]c3ccccc3c12. The summed E-state index contributed by atoms with van der Waals surface area (Å²) in [6.45, 7) is 3.93.